The van der Waals surface area contributed by atoms with Gasteiger partial charge < -0.3 is 0 Å². The SMILES string of the molecule is CC/C=C(/CCC(C)=NC(=C(C)C)c1ccc(C)cc1)C1=CC=CC=C=C1C(C)(C)F. The van der Waals surface area contributed by atoms with E-state index in [1.807, 2.05) is 18.2 Å². The number of hydrogen-bond donors (Lipinski definition) is 0. The van der Waals surface area contributed by atoms with Crippen molar-refractivity contribution in [3.05, 3.63) is 93.8 Å². The molecule has 0 atom stereocenters. The van der Waals surface area contributed by atoms with Gasteiger partial charge in [0.1, 0.15) is 5.67 Å². The Labute approximate surface area is 188 Å². The minimum Gasteiger partial charge on any atom is -0.258 e. The highest BCUT2D eigenvalue weighted by Crippen LogP contribution is 2.34. The maximum atomic E-state index is 14.9. The summed E-state index contributed by atoms with van der Waals surface area (Å²) in [6.45, 7) is 13.7. The van der Waals surface area contributed by atoms with E-state index in [0.29, 0.717) is 5.57 Å². The molecule has 31 heavy (non-hydrogen) atoms. The second-order valence-corrected chi connectivity index (χ2v) is 8.82. The average Bonchev–Trinajstić information content (AvgIpc) is 2.96. The van der Waals surface area contributed by atoms with Crippen LogP contribution in [0.15, 0.2) is 87.7 Å². The molecule has 1 aliphatic carbocycles. The summed E-state index contributed by atoms with van der Waals surface area (Å²) in [4.78, 5) is 4.97. The quantitative estimate of drug-likeness (QED) is 0.296. The summed E-state index contributed by atoms with van der Waals surface area (Å²) in [7, 11) is 0. The van der Waals surface area contributed by atoms with Gasteiger partial charge in [-0.3, -0.25) is 4.99 Å². The van der Waals surface area contributed by atoms with Crippen LogP contribution in [0.1, 0.15) is 71.9 Å². The number of rotatable bonds is 8. The minimum absolute atomic E-state index is 0.608. The van der Waals surface area contributed by atoms with Gasteiger partial charge in [0.25, 0.3) is 0 Å². The van der Waals surface area contributed by atoms with E-state index in [2.05, 4.69) is 70.7 Å². The van der Waals surface area contributed by atoms with E-state index in [9.17, 15) is 4.39 Å². The molecule has 1 nitrogen and oxygen atoms in total. The lowest BCUT2D eigenvalue weighted by atomic mass is 9.86. The Hall–Kier alpha value is -2.70. The number of halogens is 1. The summed E-state index contributed by atoms with van der Waals surface area (Å²) in [5.74, 6) is 0. The standard InChI is InChI=1S/C29H36FN/c1-8-12-24(26-13-10-9-11-14-27(26)29(6,7)30)20-17-23(5)31-28(21(2)3)25-18-15-22(4)16-19-25/h9-13,15-16,18-19H,8,17,20H2,1-7H3/b24-12-,31-23?. The monoisotopic (exact) mass is 417 g/mol. The molecule has 1 aromatic rings. The third-order valence-corrected chi connectivity index (χ3v) is 5.22. The van der Waals surface area contributed by atoms with Crippen molar-refractivity contribution in [1.29, 1.82) is 0 Å². The zero-order chi connectivity index (χ0) is 23.0. The number of aliphatic imine (C=N–C) groups is 1. The first kappa shape index (κ1) is 24.6. The topological polar surface area (TPSA) is 12.4 Å². The molecule has 0 unspecified atom stereocenters. The normalized spacial score (nSPS) is 14.8. The van der Waals surface area contributed by atoms with Crippen LogP contribution in [0.3, 0.4) is 0 Å². The van der Waals surface area contributed by atoms with Crippen LogP contribution in [-0.4, -0.2) is 11.4 Å². The van der Waals surface area contributed by atoms with E-state index in [1.165, 1.54) is 11.1 Å². The molecule has 1 aromatic carbocycles. The highest BCUT2D eigenvalue weighted by atomic mass is 19.1. The fourth-order valence-electron chi connectivity index (χ4n) is 3.59. The van der Waals surface area contributed by atoms with Gasteiger partial charge in [0.05, 0.1) is 5.70 Å². The van der Waals surface area contributed by atoms with Crippen LogP contribution in [0.25, 0.3) is 5.70 Å². The van der Waals surface area contributed by atoms with Crippen molar-refractivity contribution in [3.63, 3.8) is 0 Å². The Kier molecular flexibility index (Phi) is 8.77. The summed E-state index contributed by atoms with van der Waals surface area (Å²) in [5.41, 5.74) is 10.1. The lowest BCUT2D eigenvalue weighted by Crippen LogP contribution is -2.18. The summed E-state index contributed by atoms with van der Waals surface area (Å²) < 4.78 is 14.9. The highest BCUT2D eigenvalue weighted by Gasteiger charge is 2.27. The molecule has 0 aromatic heterocycles. The smallest absolute Gasteiger partial charge is 0.138 e. The number of allylic oxidation sites excluding steroid dienone is 8. The molecule has 0 radical (unpaired) electrons. The van der Waals surface area contributed by atoms with Crippen LogP contribution in [-0.2, 0) is 0 Å². The maximum Gasteiger partial charge on any atom is 0.138 e. The number of nitrogens with zero attached hydrogens (tertiary/aromatic N) is 1. The molecular weight excluding hydrogens is 381 g/mol. The molecule has 0 spiro atoms. The van der Waals surface area contributed by atoms with Gasteiger partial charge in [0, 0.05) is 16.8 Å². The van der Waals surface area contributed by atoms with E-state index in [4.69, 9.17) is 4.99 Å². The van der Waals surface area contributed by atoms with Gasteiger partial charge in [0.2, 0.25) is 0 Å². The molecule has 2 heteroatoms. The van der Waals surface area contributed by atoms with Crippen LogP contribution in [0.5, 0.6) is 0 Å². The van der Waals surface area contributed by atoms with Crippen molar-refractivity contribution < 1.29 is 4.39 Å². The molecule has 0 bridgehead atoms. The predicted molar refractivity (Wildman–Crippen MR) is 134 cm³/mol. The number of aryl methyl sites for hydroxylation is 1. The lowest BCUT2D eigenvalue weighted by Gasteiger charge is -2.22. The van der Waals surface area contributed by atoms with Gasteiger partial charge in [-0.1, -0.05) is 66.6 Å². The van der Waals surface area contributed by atoms with Crippen molar-refractivity contribution in [2.45, 2.75) is 73.4 Å². The first-order valence-electron chi connectivity index (χ1n) is 11.1. The fraction of sp³-hybridized carbons (Fsp3) is 0.379. The van der Waals surface area contributed by atoms with Gasteiger partial charge in [-0.05, 0) is 78.0 Å². The van der Waals surface area contributed by atoms with Crippen LogP contribution >= 0.6 is 0 Å². The molecule has 0 N–H and O–H groups in total. The molecule has 0 saturated carbocycles. The third kappa shape index (κ3) is 7.19. The largest absolute Gasteiger partial charge is 0.258 e. The Bertz CT molecular complexity index is 992. The maximum absolute atomic E-state index is 14.9. The van der Waals surface area contributed by atoms with E-state index in [1.54, 1.807) is 19.9 Å². The second-order valence-electron chi connectivity index (χ2n) is 8.82. The fourth-order valence-corrected chi connectivity index (χ4v) is 3.59. The molecule has 0 heterocycles. The molecule has 2 rings (SSSR count). The van der Waals surface area contributed by atoms with E-state index >= 15 is 0 Å². The molecule has 0 saturated heterocycles. The molecule has 1 aliphatic rings. The van der Waals surface area contributed by atoms with Crippen molar-refractivity contribution in [2.24, 2.45) is 4.99 Å². The Morgan fingerprint density at radius 1 is 1.06 bits per heavy atom. The van der Waals surface area contributed by atoms with Gasteiger partial charge in [-0.25, -0.2) is 4.39 Å². The summed E-state index contributed by atoms with van der Waals surface area (Å²) in [6.07, 6.45) is 12.4. The van der Waals surface area contributed by atoms with Gasteiger partial charge in [-0.2, -0.15) is 0 Å². The van der Waals surface area contributed by atoms with Crippen LogP contribution in [0.4, 0.5) is 4.39 Å². The first-order chi connectivity index (χ1) is 14.6. The zero-order valence-corrected chi connectivity index (χ0v) is 20.1. The molecule has 164 valence electrons. The second kappa shape index (κ2) is 11.1. The summed E-state index contributed by atoms with van der Waals surface area (Å²) in [5, 5.41) is 0. The van der Waals surface area contributed by atoms with Gasteiger partial charge in [-0.15, -0.1) is 5.73 Å². The predicted octanol–water partition coefficient (Wildman–Crippen LogP) is 8.65. The van der Waals surface area contributed by atoms with Crippen LogP contribution in [0.2, 0.25) is 0 Å². The average molecular weight is 418 g/mol. The lowest BCUT2D eigenvalue weighted by molar-refractivity contribution is 0.272. The van der Waals surface area contributed by atoms with Crippen molar-refractivity contribution >= 4 is 11.4 Å². The molecule has 0 amide bonds. The van der Waals surface area contributed by atoms with E-state index in [-0.39, 0.29) is 0 Å². The Morgan fingerprint density at radius 2 is 1.74 bits per heavy atom. The number of hydrogen-bond acceptors (Lipinski definition) is 1. The van der Waals surface area contributed by atoms with E-state index in [0.717, 1.165) is 47.4 Å². The Balaban J connectivity index is 2.29. The molecular formula is C29H36FN. The van der Waals surface area contributed by atoms with E-state index < -0.39 is 5.67 Å². The minimum atomic E-state index is -1.45. The number of benzene rings is 1. The van der Waals surface area contributed by atoms with Gasteiger partial charge in [0.15, 0.2) is 0 Å². The Morgan fingerprint density at radius 3 is 2.32 bits per heavy atom. The first-order valence-corrected chi connectivity index (χ1v) is 11.1. The summed E-state index contributed by atoms with van der Waals surface area (Å²) >= 11 is 0. The van der Waals surface area contributed by atoms with Crippen LogP contribution < -0.4 is 0 Å². The van der Waals surface area contributed by atoms with Crippen LogP contribution in [0, 0.1) is 6.92 Å². The van der Waals surface area contributed by atoms with Crippen molar-refractivity contribution in [1.82, 2.24) is 0 Å². The third-order valence-electron chi connectivity index (χ3n) is 5.22. The molecule has 0 fully saturated rings. The summed E-state index contributed by atoms with van der Waals surface area (Å²) in [6, 6.07) is 8.51. The van der Waals surface area contributed by atoms with Gasteiger partial charge >= 0.3 is 0 Å². The van der Waals surface area contributed by atoms with Crippen molar-refractivity contribution in [3.8, 4) is 0 Å². The molecule has 0 aliphatic heterocycles. The highest BCUT2D eigenvalue weighted by molar-refractivity contribution is 5.88. The number of alkyl halides is 1. The van der Waals surface area contributed by atoms with Crippen molar-refractivity contribution in [2.75, 3.05) is 0 Å². The zero-order valence-electron chi connectivity index (χ0n) is 20.1.